The Morgan fingerprint density at radius 1 is 1.24 bits per heavy atom. The van der Waals surface area contributed by atoms with E-state index < -0.39 is 11.8 Å². The van der Waals surface area contributed by atoms with Crippen molar-refractivity contribution in [2.45, 2.75) is 6.92 Å². The molecule has 150 valence electrons. The Hall–Kier alpha value is -3.53. The Bertz CT molecular complexity index is 1110. The van der Waals surface area contributed by atoms with Gasteiger partial charge in [-0.2, -0.15) is 14.9 Å². The minimum Gasteiger partial charge on any atom is -0.493 e. The fraction of sp³-hybridized carbons (Fsp3) is 0.158. The summed E-state index contributed by atoms with van der Waals surface area (Å²) in [6, 6.07) is 9.38. The normalized spacial score (nSPS) is 10.9. The number of halogens is 1. The SMILES string of the molecule is COc1cc(/C=N\n2c(-c3ccccc3F)n[nH]c2=S)cc(OC)c1OC(C)=O. The van der Waals surface area contributed by atoms with E-state index in [1.54, 1.807) is 30.3 Å². The van der Waals surface area contributed by atoms with E-state index >= 15 is 0 Å². The number of carbonyl (C=O) groups is 1. The molecule has 1 N–H and O–H groups in total. The molecular formula is C19H17FN4O4S. The van der Waals surface area contributed by atoms with Gasteiger partial charge in [-0.1, -0.05) is 12.1 Å². The lowest BCUT2D eigenvalue weighted by Gasteiger charge is -2.13. The van der Waals surface area contributed by atoms with Gasteiger partial charge in [0, 0.05) is 12.5 Å². The van der Waals surface area contributed by atoms with Crippen LogP contribution in [0.2, 0.25) is 0 Å². The van der Waals surface area contributed by atoms with Crippen molar-refractivity contribution in [1.29, 1.82) is 0 Å². The van der Waals surface area contributed by atoms with Gasteiger partial charge in [0.15, 0.2) is 17.3 Å². The van der Waals surface area contributed by atoms with Gasteiger partial charge in [0.05, 0.1) is 26.0 Å². The van der Waals surface area contributed by atoms with Gasteiger partial charge in [-0.25, -0.2) is 9.49 Å². The van der Waals surface area contributed by atoms with E-state index in [0.29, 0.717) is 5.56 Å². The molecule has 0 atom stereocenters. The lowest BCUT2D eigenvalue weighted by molar-refractivity contribution is -0.132. The van der Waals surface area contributed by atoms with Crippen molar-refractivity contribution in [2.24, 2.45) is 5.10 Å². The second kappa shape index (κ2) is 8.65. The summed E-state index contributed by atoms with van der Waals surface area (Å²) in [5.74, 6) is -0.0158. The number of ether oxygens (including phenoxy) is 3. The highest BCUT2D eigenvalue weighted by molar-refractivity contribution is 7.71. The number of esters is 1. The third kappa shape index (κ3) is 4.32. The van der Waals surface area contributed by atoms with Gasteiger partial charge in [-0.05, 0) is 36.5 Å². The zero-order valence-electron chi connectivity index (χ0n) is 15.8. The molecule has 10 heteroatoms. The monoisotopic (exact) mass is 416 g/mol. The van der Waals surface area contributed by atoms with Crippen molar-refractivity contribution in [3.8, 4) is 28.6 Å². The highest BCUT2D eigenvalue weighted by atomic mass is 32.1. The Morgan fingerprint density at radius 3 is 2.48 bits per heavy atom. The molecule has 0 bridgehead atoms. The van der Waals surface area contributed by atoms with Crippen LogP contribution in [-0.2, 0) is 4.79 Å². The first-order valence-corrected chi connectivity index (χ1v) is 8.76. The Balaban J connectivity index is 2.03. The van der Waals surface area contributed by atoms with Crippen LogP contribution >= 0.6 is 12.2 Å². The zero-order chi connectivity index (χ0) is 21.0. The van der Waals surface area contributed by atoms with Crippen molar-refractivity contribution >= 4 is 24.4 Å². The van der Waals surface area contributed by atoms with E-state index in [-0.39, 0.29) is 33.4 Å². The molecule has 1 heterocycles. The smallest absolute Gasteiger partial charge is 0.308 e. The summed E-state index contributed by atoms with van der Waals surface area (Å²) in [7, 11) is 2.87. The van der Waals surface area contributed by atoms with Gasteiger partial charge in [-0.15, -0.1) is 0 Å². The lowest BCUT2D eigenvalue weighted by Crippen LogP contribution is -2.05. The van der Waals surface area contributed by atoms with Gasteiger partial charge in [-0.3, -0.25) is 4.79 Å². The number of hydrogen-bond acceptors (Lipinski definition) is 7. The molecular weight excluding hydrogens is 399 g/mol. The first kappa shape index (κ1) is 20.2. The number of hydrogen-bond donors (Lipinski definition) is 1. The summed E-state index contributed by atoms with van der Waals surface area (Å²) in [5, 5.41) is 11.0. The second-order valence-corrected chi connectivity index (χ2v) is 6.12. The number of aromatic amines is 1. The molecule has 29 heavy (non-hydrogen) atoms. The molecule has 0 unspecified atom stereocenters. The largest absolute Gasteiger partial charge is 0.493 e. The van der Waals surface area contributed by atoms with Crippen molar-refractivity contribution < 1.29 is 23.4 Å². The topological polar surface area (TPSA) is 90.7 Å². The summed E-state index contributed by atoms with van der Waals surface area (Å²) in [5.41, 5.74) is 0.814. The Labute approximate surface area is 170 Å². The fourth-order valence-electron chi connectivity index (χ4n) is 2.56. The van der Waals surface area contributed by atoms with Crippen LogP contribution in [0.5, 0.6) is 17.2 Å². The van der Waals surface area contributed by atoms with Crippen LogP contribution in [0.4, 0.5) is 4.39 Å². The van der Waals surface area contributed by atoms with Crippen LogP contribution in [0.25, 0.3) is 11.4 Å². The molecule has 0 aliphatic carbocycles. The molecule has 0 fully saturated rings. The van der Waals surface area contributed by atoms with E-state index in [1.807, 2.05) is 0 Å². The fourth-order valence-corrected chi connectivity index (χ4v) is 2.74. The number of nitrogens with zero attached hydrogens (tertiary/aromatic N) is 3. The lowest BCUT2D eigenvalue weighted by atomic mass is 10.2. The third-order valence-corrected chi connectivity index (χ3v) is 4.08. The number of rotatable bonds is 6. The molecule has 8 nitrogen and oxygen atoms in total. The molecule has 0 saturated carbocycles. The maximum Gasteiger partial charge on any atom is 0.308 e. The molecule has 0 saturated heterocycles. The first-order valence-electron chi connectivity index (χ1n) is 8.35. The third-order valence-electron chi connectivity index (χ3n) is 3.82. The maximum absolute atomic E-state index is 14.1. The zero-order valence-corrected chi connectivity index (χ0v) is 16.6. The minimum atomic E-state index is -0.512. The predicted octanol–water partition coefficient (Wildman–Crippen LogP) is 3.57. The van der Waals surface area contributed by atoms with Crippen LogP contribution in [0.15, 0.2) is 41.5 Å². The molecule has 0 spiro atoms. The molecule has 2 aromatic carbocycles. The average Bonchev–Trinajstić information content (AvgIpc) is 3.07. The van der Waals surface area contributed by atoms with Crippen LogP contribution in [0, 0.1) is 10.6 Å². The molecule has 3 rings (SSSR count). The number of nitrogens with one attached hydrogen (secondary N) is 1. The van der Waals surface area contributed by atoms with Gasteiger partial charge in [0.25, 0.3) is 0 Å². The van der Waals surface area contributed by atoms with Crippen molar-refractivity contribution in [1.82, 2.24) is 14.9 Å². The summed E-state index contributed by atoms with van der Waals surface area (Å²) in [4.78, 5) is 11.3. The predicted molar refractivity (Wildman–Crippen MR) is 107 cm³/mol. The molecule has 0 aliphatic rings. The Morgan fingerprint density at radius 2 is 1.90 bits per heavy atom. The van der Waals surface area contributed by atoms with Crippen LogP contribution < -0.4 is 14.2 Å². The van der Waals surface area contributed by atoms with E-state index in [0.717, 1.165) is 0 Å². The highest BCUT2D eigenvalue weighted by Crippen LogP contribution is 2.38. The van der Waals surface area contributed by atoms with Crippen molar-refractivity contribution in [3.05, 3.63) is 52.5 Å². The highest BCUT2D eigenvalue weighted by Gasteiger charge is 2.16. The number of aromatic nitrogens is 3. The molecule has 1 aromatic heterocycles. The molecule has 0 aliphatic heterocycles. The standard InChI is InChI=1S/C19H17FN4O4S/c1-11(25)28-17-15(26-2)8-12(9-16(17)27-3)10-21-24-18(22-23-19(24)29)13-6-4-5-7-14(13)20/h4-10H,1-3H3,(H,23,29)/b21-10-. The number of carbonyl (C=O) groups excluding carboxylic acids is 1. The van der Waals surface area contributed by atoms with Crippen LogP contribution in [0.3, 0.4) is 0 Å². The van der Waals surface area contributed by atoms with Gasteiger partial charge < -0.3 is 14.2 Å². The summed E-state index contributed by atoms with van der Waals surface area (Å²) >= 11 is 5.20. The molecule has 3 aromatic rings. The van der Waals surface area contributed by atoms with Crippen molar-refractivity contribution in [2.75, 3.05) is 14.2 Å². The van der Waals surface area contributed by atoms with E-state index in [4.69, 9.17) is 26.4 Å². The number of H-pyrrole nitrogens is 1. The number of benzene rings is 2. The summed E-state index contributed by atoms with van der Waals surface area (Å²) in [6.45, 7) is 1.28. The first-order chi connectivity index (χ1) is 13.9. The van der Waals surface area contributed by atoms with Gasteiger partial charge >= 0.3 is 5.97 Å². The van der Waals surface area contributed by atoms with Crippen LogP contribution in [0.1, 0.15) is 12.5 Å². The maximum atomic E-state index is 14.1. The number of methoxy groups -OCH3 is 2. The average molecular weight is 416 g/mol. The minimum absolute atomic E-state index is 0.159. The van der Waals surface area contributed by atoms with E-state index in [2.05, 4.69) is 15.3 Å². The summed E-state index contributed by atoms with van der Waals surface area (Å²) < 4.78 is 31.4. The molecule has 0 radical (unpaired) electrons. The van der Waals surface area contributed by atoms with Crippen LogP contribution in [-0.4, -0.2) is 41.3 Å². The van der Waals surface area contributed by atoms with E-state index in [9.17, 15) is 9.18 Å². The quantitative estimate of drug-likeness (QED) is 0.286. The molecule has 0 amide bonds. The van der Waals surface area contributed by atoms with Crippen molar-refractivity contribution in [3.63, 3.8) is 0 Å². The summed E-state index contributed by atoms with van der Waals surface area (Å²) in [6.07, 6.45) is 1.47. The van der Waals surface area contributed by atoms with Gasteiger partial charge in [0.1, 0.15) is 5.82 Å². The van der Waals surface area contributed by atoms with Gasteiger partial charge in [0.2, 0.25) is 10.5 Å². The second-order valence-electron chi connectivity index (χ2n) is 5.74. The van der Waals surface area contributed by atoms with E-state index in [1.165, 1.54) is 38.1 Å². The Kier molecular flexibility index (Phi) is 6.03.